The molecule has 1 amide bonds. The van der Waals surface area contributed by atoms with E-state index in [1.54, 1.807) is 12.1 Å². The van der Waals surface area contributed by atoms with Gasteiger partial charge in [-0.05, 0) is 48.7 Å². The number of amides is 1. The van der Waals surface area contributed by atoms with Crippen LogP contribution < -0.4 is 5.32 Å². The molecule has 0 spiro atoms. The number of carbonyl (C=O) groups is 1. The molecule has 0 aliphatic carbocycles. The molecule has 0 heterocycles. The maximum atomic E-state index is 13.1. The van der Waals surface area contributed by atoms with Gasteiger partial charge in [-0.2, -0.15) is 0 Å². The van der Waals surface area contributed by atoms with E-state index in [1.165, 1.54) is 18.2 Å². The van der Waals surface area contributed by atoms with Crippen molar-refractivity contribution in [3.63, 3.8) is 0 Å². The van der Waals surface area contributed by atoms with Gasteiger partial charge in [0.15, 0.2) is 0 Å². The fourth-order valence-electron chi connectivity index (χ4n) is 1.91. The van der Waals surface area contributed by atoms with Gasteiger partial charge >= 0.3 is 0 Å². The third-order valence-electron chi connectivity index (χ3n) is 2.87. The molecular formula is C16H15ClFNO. The minimum Gasteiger partial charge on any atom is -0.322 e. The van der Waals surface area contributed by atoms with E-state index in [1.807, 2.05) is 18.2 Å². The Kier molecular flexibility index (Phi) is 5.13. The summed E-state index contributed by atoms with van der Waals surface area (Å²) in [5.74, 6) is -0.132. The van der Waals surface area contributed by atoms with Gasteiger partial charge in [0, 0.05) is 17.1 Å². The number of alkyl halides is 1. The van der Waals surface area contributed by atoms with Crippen molar-refractivity contribution in [2.24, 2.45) is 0 Å². The van der Waals surface area contributed by atoms with E-state index < -0.39 is 5.82 Å². The number of halogens is 2. The Morgan fingerprint density at radius 3 is 2.70 bits per heavy atom. The first-order valence-electron chi connectivity index (χ1n) is 6.41. The number of hydrogen-bond acceptors (Lipinski definition) is 1. The minimum atomic E-state index is -0.423. The van der Waals surface area contributed by atoms with Crippen LogP contribution in [-0.2, 0) is 6.42 Å². The first-order chi connectivity index (χ1) is 9.69. The molecule has 0 aromatic heterocycles. The zero-order chi connectivity index (χ0) is 14.4. The van der Waals surface area contributed by atoms with Crippen LogP contribution in [0.3, 0.4) is 0 Å². The van der Waals surface area contributed by atoms with Gasteiger partial charge in [0.2, 0.25) is 0 Å². The fraction of sp³-hybridized carbons (Fsp3) is 0.188. The van der Waals surface area contributed by atoms with Crippen molar-refractivity contribution in [3.8, 4) is 0 Å². The molecule has 104 valence electrons. The molecule has 20 heavy (non-hydrogen) atoms. The topological polar surface area (TPSA) is 29.1 Å². The van der Waals surface area contributed by atoms with Gasteiger partial charge in [0.05, 0.1) is 0 Å². The average molecular weight is 292 g/mol. The fourth-order valence-corrected chi connectivity index (χ4v) is 2.04. The van der Waals surface area contributed by atoms with Crippen molar-refractivity contribution in [2.45, 2.75) is 12.8 Å². The van der Waals surface area contributed by atoms with Crippen LogP contribution in [0.25, 0.3) is 0 Å². The number of hydrogen-bond donors (Lipinski definition) is 1. The average Bonchev–Trinajstić information content (AvgIpc) is 2.45. The van der Waals surface area contributed by atoms with Crippen molar-refractivity contribution in [3.05, 3.63) is 65.5 Å². The molecule has 0 atom stereocenters. The van der Waals surface area contributed by atoms with Crippen LogP contribution in [-0.4, -0.2) is 11.8 Å². The van der Waals surface area contributed by atoms with E-state index in [0.29, 0.717) is 17.1 Å². The van der Waals surface area contributed by atoms with E-state index in [-0.39, 0.29) is 5.91 Å². The molecule has 2 nitrogen and oxygen atoms in total. The molecule has 2 rings (SSSR count). The van der Waals surface area contributed by atoms with E-state index in [4.69, 9.17) is 11.6 Å². The predicted octanol–water partition coefficient (Wildman–Crippen LogP) is 4.25. The van der Waals surface area contributed by atoms with Crippen molar-refractivity contribution in [1.29, 1.82) is 0 Å². The Bertz CT molecular complexity index is 601. The molecule has 0 radical (unpaired) electrons. The van der Waals surface area contributed by atoms with Gasteiger partial charge in [-0.3, -0.25) is 4.79 Å². The number of nitrogens with one attached hydrogen (secondary N) is 1. The summed E-state index contributed by atoms with van der Waals surface area (Å²) in [6.07, 6.45) is 1.76. The van der Waals surface area contributed by atoms with Gasteiger partial charge in [0.1, 0.15) is 5.82 Å². The molecule has 2 aromatic carbocycles. The molecule has 0 saturated heterocycles. The van der Waals surface area contributed by atoms with Crippen LogP contribution in [0.1, 0.15) is 22.3 Å². The molecule has 4 heteroatoms. The second-order valence-electron chi connectivity index (χ2n) is 4.46. The van der Waals surface area contributed by atoms with Crippen LogP contribution in [0.5, 0.6) is 0 Å². The summed E-state index contributed by atoms with van der Waals surface area (Å²) >= 11 is 5.67. The first-order valence-corrected chi connectivity index (χ1v) is 6.94. The summed E-state index contributed by atoms with van der Waals surface area (Å²) in [6.45, 7) is 0. The highest BCUT2D eigenvalue weighted by molar-refractivity contribution is 6.17. The van der Waals surface area contributed by atoms with Crippen molar-refractivity contribution >= 4 is 23.2 Å². The van der Waals surface area contributed by atoms with Gasteiger partial charge in [-0.1, -0.05) is 18.2 Å². The van der Waals surface area contributed by atoms with Crippen molar-refractivity contribution in [1.82, 2.24) is 0 Å². The van der Waals surface area contributed by atoms with Gasteiger partial charge < -0.3 is 5.32 Å². The Morgan fingerprint density at radius 2 is 1.95 bits per heavy atom. The minimum absolute atomic E-state index is 0.302. The summed E-state index contributed by atoms with van der Waals surface area (Å²) in [5, 5.41) is 2.76. The molecule has 0 saturated carbocycles. The number of carbonyl (C=O) groups excluding carboxylic acids is 1. The van der Waals surface area contributed by atoms with Crippen LogP contribution in [0.2, 0.25) is 0 Å². The SMILES string of the molecule is O=C(Nc1cccc(CCCCl)c1)c1cccc(F)c1. The van der Waals surface area contributed by atoms with Gasteiger partial charge in [0.25, 0.3) is 5.91 Å². The highest BCUT2D eigenvalue weighted by atomic mass is 35.5. The Hall–Kier alpha value is -1.87. The molecule has 0 fully saturated rings. The Morgan fingerprint density at radius 1 is 1.15 bits per heavy atom. The van der Waals surface area contributed by atoms with Crippen LogP contribution in [0, 0.1) is 5.82 Å². The lowest BCUT2D eigenvalue weighted by Crippen LogP contribution is -2.12. The Balaban J connectivity index is 2.07. The summed E-state index contributed by atoms with van der Waals surface area (Å²) < 4.78 is 13.1. The van der Waals surface area contributed by atoms with E-state index in [9.17, 15) is 9.18 Å². The maximum absolute atomic E-state index is 13.1. The molecule has 0 aliphatic heterocycles. The van der Waals surface area contributed by atoms with Crippen LogP contribution >= 0.6 is 11.6 Å². The molecule has 2 aromatic rings. The normalized spacial score (nSPS) is 10.3. The van der Waals surface area contributed by atoms with Crippen molar-refractivity contribution < 1.29 is 9.18 Å². The van der Waals surface area contributed by atoms with Gasteiger partial charge in [-0.25, -0.2) is 4.39 Å². The maximum Gasteiger partial charge on any atom is 0.255 e. The van der Waals surface area contributed by atoms with Crippen LogP contribution in [0.15, 0.2) is 48.5 Å². The van der Waals surface area contributed by atoms with Crippen LogP contribution in [0.4, 0.5) is 10.1 Å². The summed E-state index contributed by atoms with van der Waals surface area (Å²) in [4.78, 5) is 12.0. The highest BCUT2D eigenvalue weighted by Gasteiger charge is 2.07. The lowest BCUT2D eigenvalue weighted by Gasteiger charge is -2.07. The highest BCUT2D eigenvalue weighted by Crippen LogP contribution is 2.14. The molecule has 0 bridgehead atoms. The summed E-state index contributed by atoms with van der Waals surface area (Å²) in [7, 11) is 0. The van der Waals surface area contributed by atoms with Crippen molar-refractivity contribution in [2.75, 3.05) is 11.2 Å². The largest absolute Gasteiger partial charge is 0.322 e. The summed E-state index contributed by atoms with van der Waals surface area (Å²) in [5.41, 5.74) is 2.12. The van der Waals surface area contributed by atoms with E-state index >= 15 is 0 Å². The number of anilines is 1. The van der Waals surface area contributed by atoms with Gasteiger partial charge in [-0.15, -0.1) is 11.6 Å². The monoisotopic (exact) mass is 291 g/mol. The van der Waals surface area contributed by atoms with E-state index in [2.05, 4.69) is 5.32 Å². The second-order valence-corrected chi connectivity index (χ2v) is 4.84. The number of rotatable bonds is 5. The zero-order valence-corrected chi connectivity index (χ0v) is 11.7. The quantitative estimate of drug-likeness (QED) is 0.820. The lowest BCUT2D eigenvalue weighted by atomic mass is 10.1. The molecule has 0 aliphatic rings. The molecular weight excluding hydrogens is 277 g/mol. The predicted molar refractivity (Wildman–Crippen MR) is 79.8 cm³/mol. The number of aryl methyl sites for hydroxylation is 1. The third-order valence-corrected chi connectivity index (χ3v) is 3.14. The number of benzene rings is 2. The first kappa shape index (κ1) is 14.5. The third kappa shape index (κ3) is 4.07. The standard InChI is InChI=1S/C16H15ClFNO/c17-9-3-5-12-4-1-8-15(10-12)19-16(20)13-6-2-7-14(18)11-13/h1-2,4,6-8,10-11H,3,5,9H2,(H,19,20). The second kappa shape index (κ2) is 7.06. The smallest absolute Gasteiger partial charge is 0.255 e. The molecule has 0 unspecified atom stereocenters. The Labute approximate surface area is 122 Å². The summed E-state index contributed by atoms with van der Waals surface area (Å²) in [6, 6.07) is 13.2. The zero-order valence-electron chi connectivity index (χ0n) is 10.9. The molecule has 1 N–H and O–H groups in total. The lowest BCUT2D eigenvalue weighted by molar-refractivity contribution is 0.102. The van der Waals surface area contributed by atoms with E-state index in [0.717, 1.165) is 18.4 Å².